The number of carboxylic acid groups (broad SMARTS) is 1. The van der Waals surface area contributed by atoms with Gasteiger partial charge >= 0.3 is 5.97 Å². The van der Waals surface area contributed by atoms with Crippen LogP contribution in [0.4, 0.5) is 0 Å². The van der Waals surface area contributed by atoms with E-state index in [0.717, 1.165) is 31.2 Å². The quantitative estimate of drug-likeness (QED) is 0.366. The van der Waals surface area contributed by atoms with Crippen LogP contribution in [0.15, 0.2) is 24.3 Å². The maximum atomic E-state index is 12.4. The summed E-state index contributed by atoms with van der Waals surface area (Å²) in [5.74, 6) is -0.631. The molecular formula is C19H30NO5P. The van der Waals surface area contributed by atoms with Gasteiger partial charge in [-0.3, -0.25) is 4.57 Å². The van der Waals surface area contributed by atoms with Crippen molar-refractivity contribution in [3.63, 3.8) is 0 Å². The van der Waals surface area contributed by atoms with Crippen LogP contribution in [0.5, 0.6) is 0 Å². The van der Waals surface area contributed by atoms with Crippen LogP contribution in [0.1, 0.15) is 48.0 Å². The van der Waals surface area contributed by atoms with Crippen molar-refractivity contribution in [3.8, 4) is 0 Å². The topological polar surface area (TPSA) is 107 Å². The number of rotatable bonds is 10. The molecule has 2 atom stereocenters. The fraction of sp³-hybridized carbons (Fsp3) is 0.632. The monoisotopic (exact) mass is 383 g/mol. The van der Waals surface area contributed by atoms with E-state index in [-0.39, 0.29) is 18.3 Å². The van der Waals surface area contributed by atoms with Crippen LogP contribution < -0.4 is 5.32 Å². The number of carbonyl (C=O) groups is 1. The third kappa shape index (κ3) is 7.58. The molecule has 6 nitrogen and oxygen atoms in total. The molecule has 0 amide bonds. The molecule has 1 aliphatic carbocycles. The van der Waals surface area contributed by atoms with Crippen molar-refractivity contribution in [2.24, 2.45) is 5.92 Å². The summed E-state index contributed by atoms with van der Waals surface area (Å²) < 4.78 is 12.4. The molecule has 0 spiro atoms. The van der Waals surface area contributed by atoms with E-state index in [9.17, 15) is 19.4 Å². The van der Waals surface area contributed by atoms with Gasteiger partial charge in [0, 0.05) is 12.7 Å². The highest BCUT2D eigenvalue weighted by Gasteiger charge is 2.27. The molecule has 0 heterocycles. The number of hydrogen-bond donors (Lipinski definition) is 4. The predicted molar refractivity (Wildman–Crippen MR) is 102 cm³/mol. The Morgan fingerprint density at radius 3 is 2.69 bits per heavy atom. The number of nitrogens with one attached hydrogen (secondary N) is 1. The van der Waals surface area contributed by atoms with Crippen LogP contribution >= 0.6 is 7.37 Å². The van der Waals surface area contributed by atoms with Crippen LogP contribution in [-0.4, -0.2) is 52.6 Å². The molecule has 26 heavy (non-hydrogen) atoms. The van der Waals surface area contributed by atoms with Crippen LogP contribution in [0.2, 0.25) is 0 Å². The molecular weight excluding hydrogens is 353 g/mol. The van der Waals surface area contributed by atoms with E-state index >= 15 is 0 Å². The lowest BCUT2D eigenvalue weighted by atomic mass is 9.91. The summed E-state index contributed by atoms with van der Waals surface area (Å²) in [6.45, 7) is 0.826. The Morgan fingerprint density at radius 1 is 1.27 bits per heavy atom. The van der Waals surface area contributed by atoms with Gasteiger partial charge in [0.2, 0.25) is 7.37 Å². The molecule has 0 bridgehead atoms. The number of hydrogen-bond acceptors (Lipinski definition) is 4. The lowest BCUT2D eigenvalue weighted by Gasteiger charge is -2.25. The summed E-state index contributed by atoms with van der Waals surface area (Å²) in [5, 5.41) is 22.1. The highest BCUT2D eigenvalue weighted by molar-refractivity contribution is 7.58. The zero-order valence-electron chi connectivity index (χ0n) is 15.1. The zero-order chi connectivity index (χ0) is 19.0. The second-order valence-corrected chi connectivity index (χ2v) is 9.75. The Bertz CT molecular complexity index is 630. The lowest BCUT2D eigenvalue weighted by molar-refractivity contribution is 0.0696. The first-order valence-electron chi connectivity index (χ1n) is 9.37. The molecule has 1 unspecified atom stereocenters. The summed E-state index contributed by atoms with van der Waals surface area (Å²) in [7, 11) is -3.30. The summed E-state index contributed by atoms with van der Waals surface area (Å²) in [6.07, 6.45) is 5.58. The highest BCUT2D eigenvalue weighted by Crippen LogP contribution is 2.45. The normalized spacial score (nSPS) is 19.0. The van der Waals surface area contributed by atoms with Gasteiger partial charge in [-0.05, 0) is 49.4 Å². The first kappa shape index (κ1) is 21.1. The Balaban J connectivity index is 1.67. The van der Waals surface area contributed by atoms with Crippen molar-refractivity contribution in [1.29, 1.82) is 0 Å². The molecule has 0 saturated heterocycles. The van der Waals surface area contributed by atoms with Crippen molar-refractivity contribution in [2.45, 2.75) is 44.6 Å². The molecule has 4 N–H and O–H groups in total. The molecule has 1 aromatic rings. The molecule has 1 fully saturated rings. The van der Waals surface area contributed by atoms with E-state index in [2.05, 4.69) is 5.32 Å². The van der Waals surface area contributed by atoms with Gasteiger partial charge in [0.15, 0.2) is 0 Å². The number of benzene rings is 1. The van der Waals surface area contributed by atoms with Crippen LogP contribution in [0.3, 0.4) is 0 Å². The van der Waals surface area contributed by atoms with Gasteiger partial charge in [0.25, 0.3) is 0 Å². The van der Waals surface area contributed by atoms with Gasteiger partial charge in [-0.1, -0.05) is 31.4 Å². The van der Waals surface area contributed by atoms with Gasteiger partial charge in [0.1, 0.15) is 0 Å². The van der Waals surface area contributed by atoms with Crippen molar-refractivity contribution in [2.75, 3.05) is 25.4 Å². The number of aromatic carboxylic acids is 1. The maximum Gasteiger partial charge on any atom is 0.335 e. The largest absolute Gasteiger partial charge is 0.478 e. The summed E-state index contributed by atoms with van der Waals surface area (Å²) in [5.41, 5.74) is 1.16. The molecule has 2 rings (SSSR count). The van der Waals surface area contributed by atoms with E-state index in [1.54, 1.807) is 18.2 Å². The minimum Gasteiger partial charge on any atom is -0.478 e. The molecule has 1 aliphatic rings. The minimum atomic E-state index is -3.30. The summed E-state index contributed by atoms with van der Waals surface area (Å²) >= 11 is 0. The Kier molecular flexibility index (Phi) is 8.29. The smallest absolute Gasteiger partial charge is 0.335 e. The molecule has 0 aliphatic heterocycles. The first-order chi connectivity index (χ1) is 12.4. The van der Waals surface area contributed by atoms with Gasteiger partial charge < -0.3 is 20.4 Å². The Morgan fingerprint density at radius 2 is 2.00 bits per heavy atom. The molecule has 7 heteroatoms. The molecule has 1 aromatic carbocycles. The van der Waals surface area contributed by atoms with Crippen LogP contribution in [-0.2, 0) is 11.0 Å². The van der Waals surface area contributed by atoms with E-state index in [4.69, 9.17) is 5.11 Å². The second kappa shape index (κ2) is 10.2. The average Bonchev–Trinajstić information content (AvgIpc) is 2.59. The Labute approximate surface area is 155 Å². The molecule has 146 valence electrons. The standard InChI is InChI=1S/C19H30NO5P/c21-18(14-26(24,25)13-16-5-2-1-3-6-16)12-20-10-9-15-7-4-8-17(11-15)19(22)23/h4,7-8,11,16,18,20-21H,1-3,5-6,9-10,12-14H2,(H,22,23)(H,24,25)/t18-/m1/s1. The van der Waals surface area contributed by atoms with Gasteiger partial charge in [-0.2, -0.15) is 0 Å². The van der Waals surface area contributed by atoms with Gasteiger partial charge in [0.05, 0.1) is 17.8 Å². The zero-order valence-corrected chi connectivity index (χ0v) is 16.0. The average molecular weight is 383 g/mol. The second-order valence-electron chi connectivity index (χ2n) is 7.33. The lowest BCUT2D eigenvalue weighted by Crippen LogP contribution is -2.31. The highest BCUT2D eigenvalue weighted by atomic mass is 31.2. The maximum absolute atomic E-state index is 12.4. The summed E-state index contributed by atoms with van der Waals surface area (Å²) in [4.78, 5) is 21.1. The molecule has 0 aromatic heterocycles. The van der Waals surface area contributed by atoms with Gasteiger partial charge in [-0.25, -0.2) is 4.79 Å². The van der Waals surface area contributed by atoms with Crippen molar-refractivity contribution in [3.05, 3.63) is 35.4 Å². The van der Waals surface area contributed by atoms with Crippen LogP contribution in [0, 0.1) is 5.92 Å². The fourth-order valence-electron chi connectivity index (χ4n) is 3.60. The van der Waals surface area contributed by atoms with Crippen molar-refractivity contribution in [1.82, 2.24) is 5.32 Å². The fourth-order valence-corrected chi connectivity index (χ4v) is 5.71. The predicted octanol–water partition coefficient (Wildman–Crippen LogP) is 2.73. The van der Waals surface area contributed by atoms with E-state index in [0.29, 0.717) is 25.0 Å². The van der Waals surface area contributed by atoms with Crippen molar-refractivity contribution >= 4 is 13.3 Å². The molecule has 1 saturated carbocycles. The summed E-state index contributed by atoms with van der Waals surface area (Å²) in [6, 6.07) is 6.75. The van der Waals surface area contributed by atoms with Crippen molar-refractivity contribution < 1.29 is 24.5 Å². The van der Waals surface area contributed by atoms with Gasteiger partial charge in [-0.15, -0.1) is 0 Å². The van der Waals surface area contributed by atoms with E-state index in [1.807, 2.05) is 6.07 Å². The van der Waals surface area contributed by atoms with E-state index < -0.39 is 19.4 Å². The third-order valence-electron chi connectivity index (χ3n) is 4.91. The number of aliphatic hydroxyl groups excluding tert-OH is 1. The third-order valence-corrected chi connectivity index (χ3v) is 6.99. The number of aliphatic hydroxyl groups is 1. The van der Waals surface area contributed by atoms with E-state index in [1.165, 1.54) is 6.42 Å². The SMILES string of the molecule is O=C(O)c1cccc(CCNC[C@@H](O)CP(=O)(O)CC2CCCCC2)c1. The Hall–Kier alpha value is -1.20. The molecule has 0 radical (unpaired) electrons. The first-order valence-corrected chi connectivity index (χ1v) is 11.4. The minimum absolute atomic E-state index is 0.0645. The van der Waals surface area contributed by atoms with Crippen LogP contribution in [0.25, 0.3) is 0 Å². The number of carboxylic acids is 1.